The van der Waals surface area contributed by atoms with Crippen LogP contribution in [0, 0.1) is 34.5 Å². The molecule has 1 aromatic rings. The molecule has 0 aliphatic heterocycles. The number of carboxylic acids is 1. The van der Waals surface area contributed by atoms with Crippen molar-refractivity contribution in [3.63, 3.8) is 0 Å². The van der Waals surface area contributed by atoms with Gasteiger partial charge >= 0.3 is 5.97 Å². The maximum Gasteiger partial charge on any atom is 0.338 e. The highest BCUT2D eigenvalue weighted by Crippen LogP contribution is 2.63. The molecule has 0 aromatic carbocycles. The van der Waals surface area contributed by atoms with Gasteiger partial charge in [0.05, 0.1) is 23.8 Å². The van der Waals surface area contributed by atoms with Crippen molar-refractivity contribution in [2.75, 3.05) is 12.3 Å². The molecule has 0 radical (unpaired) electrons. The fourth-order valence-corrected chi connectivity index (χ4v) is 7.60. The van der Waals surface area contributed by atoms with Gasteiger partial charge in [0, 0.05) is 23.6 Å². The Morgan fingerprint density at radius 1 is 1.19 bits per heavy atom. The number of aliphatic hydroxyl groups excluding tert-OH is 1. The van der Waals surface area contributed by atoms with E-state index in [1.165, 1.54) is 25.0 Å². The zero-order chi connectivity index (χ0) is 32.0. The van der Waals surface area contributed by atoms with E-state index in [0.29, 0.717) is 18.3 Å². The highest BCUT2D eigenvalue weighted by molar-refractivity contribution is 6.28. The van der Waals surface area contributed by atoms with E-state index in [4.69, 9.17) is 16.7 Å². The normalized spacial score (nSPS) is 29.2. The van der Waals surface area contributed by atoms with Crippen LogP contribution in [0.25, 0.3) is 0 Å². The van der Waals surface area contributed by atoms with Crippen LogP contribution < -0.4 is 0 Å². The predicted octanol–water partition coefficient (Wildman–Crippen LogP) is 9.01. The van der Waals surface area contributed by atoms with Crippen LogP contribution in [0.4, 0.5) is 0 Å². The molecule has 8 heteroatoms. The zero-order valence-corrected chi connectivity index (χ0v) is 27.3. The molecule has 4 rings (SSSR count). The molecule has 2 fully saturated rings. The first-order valence-corrected chi connectivity index (χ1v) is 15.7. The largest absolute Gasteiger partial charge is 0.478 e. The molecule has 2 saturated carbocycles. The maximum absolute atomic E-state index is 12.6. The number of aromatic carboxylic acids is 1. The molecule has 3 unspecified atom stereocenters. The lowest BCUT2D eigenvalue weighted by Crippen LogP contribution is -2.58. The van der Waals surface area contributed by atoms with Gasteiger partial charge < -0.3 is 14.6 Å². The Kier molecular flexibility index (Phi) is 19.9. The second-order valence-corrected chi connectivity index (χ2v) is 10.9. The number of aliphatic hydroxyl groups is 1. The monoisotopic (exact) mass is 628 g/mol. The molecule has 7 atom stereocenters. The van der Waals surface area contributed by atoms with Crippen LogP contribution in [0.3, 0.4) is 0 Å². The summed E-state index contributed by atoms with van der Waals surface area (Å²) in [6.45, 7) is 18.7. The first-order chi connectivity index (χ1) is 19.5. The van der Waals surface area contributed by atoms with E-state index in [1.54, 1.807) is 12.2 Å². The van der Waals surface area contributed by atoms with E-state index in [1.807, 2.05) is 19.9 Å². The molecule has 240 valence electrons. The van der Waals surface area contributed by atoms with E-state index < -0.39 is 12.1 Å². The fourth-order valence-electron chi connectivity index (χ4n) is 7.42. The third-order valence-corrected chi connectivity index (χ3v) is 9.13. The molecular weight excluding hydrogens is 575 g/mol. The van der Waals surface area contributed by atoms with Gasteiger partial charge in [0.25, 0.3) is 0 Å². The van der Waals surface area contributed by atoms with E-state index in [9.17, 15) is 19.5 Å². The van der Waals surface area contributed by atoms with Crippen LogP contribution in [-0.4, -0.2) is 46.1 Å². The van der Waals surface area contributed by atoms with Crippen molar-refractivity contribution in [3.05, 3.63) is 61.1 Å². The Morgan fingerprint density at radius 2 is 1.79 bits per heavy atom. The van der Waals surface area contributed by atoms with Gasteiger partial charge in [0.15, 0.2) is 11.6 Å². The van der Waals surface area contributed by atoms with Gasteiger partial charge in [-0.2, -0.15) is 0 Å². The number of fused-ring (bicyclic) bond motifs is 3. The Morgan fingerprint density at radius 3 is 2.21 bits per heavy atom. The summed E-state index contributed by atoms with van der Waals surface area (Å²) >= 11 is 10.6. The van der Waals surface area contributed by atoms with E-state index >= 15 is 0 Å². The molecule has 2 N–H and O–H groups in total. The average molecular weight is 630 g/mol. The maximum atomic E-state index is 12.6. The van der Waals surface area contributed by atoms with Gasteiger partial charge in [0.1, 0.15) is 6.26 Å². The van der Waals surface area contributed by atoms with Crippen LogP contribution >= 0.6 is 23.2 Å². The Labute approximate surface area is 264 Å². The summed E-state index contributed by atoms with van der Waals surface area (Å²) in [5.74, 6) is -0.0396. The number of carbonyl (C=O) groups excluding carboxylic acids is 2. The minimum atomic E-state index is -0.959. The number of carbonyl (C=O) groups is 3. The zero-order valence-electron chi connectivity index (χ0n) is 25.8. The van der Waals surface area contributed by atoms with Crippen molar-refractivity contribution in [1.29, 1.82) is 0 Å². The summed E-state index contributed by atoms with van der Waals surface area (Å²) in [4.78, 5) is 34.5. The summed E-state index contributed by atoms with van der Waals surface area (Å²) in [5.41, 5.74) is 0.855. The SMILES string of the molecule is C.C=C.CC.CCC(C(=O)CCl)[C@@]1(C)C[C@H](O)C2[C@@H](CCC3=CC(=O)C=C[C@@]32C)C1CC.CCl.O=C(O)c1ccoc1. The average Bonchev–Trinajstić information content (AvgIpc) is 3.53. The second-order valence-electron chi connectivity index (χ2n) is 10.6. The number of allylic oxidation sites excluding steroid dienone is 4. The first-order valence-electron chi connectivity index (χ1n) is 14.4. The highest BCUT2D eigenvalue weighted by atomic mass is 35.5. The number of hydrogen-bond donors (Lipinski definition) is 2. The first kappa shape index (κ1) is 42.0. The molecule has 1 aromatic heterocycles. The molecule has 0 saturated heterocycles. The molecule has 3 aliphatic rings. The lowest BCUT2D eigenvalue weighted by Gasteiger charge is -2.60. The van der Waals surface area contributed by atoms with Gasteiger partial charge in [-0.1, -0.05) is 67.0 Å². The lowest BCUT2D eigenvalue weighted by molar-refractivity contribution is -0.150. The Bertz CT molecular complexity index is 1020. The van der Waals surface area contributed by atoms with Gasteiger partial charge in [-0.3, -0.25) is 9.59 Å². The number of hydrogen-bond acceptors (Lipinski definition) is 5. The molecular formula is C34H54Cl2O6. The smallest absolute Gasteiger partial charge is 0.338 e. The summed E-state index contributed by atoms with van der Waals surface area (Å²) in [6, 6.07) is 1.39. The fraction of sp³-hybridized carbons (Fsp3) is 0.618. The molecule has 0 spiro atoms. The van der Waals surface area contributed by atoms with Crippen molar-refractivity contribution >= 4 is 40.7 Å². The summed E-state index contributed by atoms with van der Waals surface area (Å²) in [5, 5.41) is 19.5. The number of rotatable bonds is 6. The number of alkyl halides is 2. The molecule has 1 heterocycles. The summed E-state index contributed by atoms with van der Waals surface area (Å²) < 4.78 is 4.49. The quantitative estimate of drug-likeness (QED) is 0.240. The van der Waals surface area contributed by atoms with E-state index in [2.05, 4.69) is 56.9 Å². The molecule has 3 aliphatic carbocycles. The van der Waals surface area contributed by atoms with Crippen molar-refractivity contribution in [3.8, 4) is 0 Å². The number of ketones is 2. The minimum Gasteiger partial charge on any atom is -0.478 e. The van der Waals surface area contributed by atoms with Gasteiger partial charge in [-0.15, -0.1) is 36.4 Å². The van der Waals surface area contributed by atoms with E-state index in [0.717, 1.165) is 31.3 Å². The topological polar surface area (TPSA) is 105 Å². The summed E-state index contributed by atoms with van der Waals surface area (Å²) in [7, 11) is 0. The number of Topliss-reactive ketones (excluding diaryl/α,β-unsaturated/α-hetero) is 1. The van der Waals surface area contributed by atoms with Crippen LogP contribution in [-0.2, 0) is 9.59 Å². The van der Waals surface area contributed by atoms with Crippen molar-refractivity contribution in [2.45, 2.75) is 87.2 Å². The van der Waals surface area contributed by atoms with E-state index in [-0.39, 0.29) is 53.1 Å². The Hall–Kier alpha value is -2.15. The predicted molar refractivity (Wildman–Crippen MR) is 175 cm³/mol. The second kappa shape index (κ2) is 19.9. The van der Waals surface area contributed by atoms with Crippen LogP contribution in [0.1, 0.15) is 91.4 Å². The molecule has 0 amide bonds. The van der Waals surface area contributed by atoms with Gasteiger partial charge in [-0.05, 0) is 61.2 Å². The minimum absolute atomic E-state index is 0. The third kappa shape index (κ3) is 9.17. The highest BCUT2D eigenvalue weighted by Gasteiger charge is 2.59. The molecule has 6 nitrogen and oxygen atoms in total. The van der Waals surface area contributed by atoms with Crippen LogP contribution in [0.5, 0.6) is 0 Å². The van der Waals surface area contributed by atoms with Crippen LogP contribution in [0.15, 0.2) is 60.0 Å². The van der Waals surface area contributed by atoms with Crippen molar-refractivity contribution in [2.24, 2.45) is 34.5 Å². The lowest BCUT2D eigenvalue weighted by atomic mass is 9.44. The van der Waals surface area contributed by atoms with Gasteiger partial charge in [0.2, 0.25) is 0 Å². The third-order valence-electron chi connectivity index (χ3n) is 8.86. The number of furan rings is 1. The number of halogens is 2. The molecule has 42 heavy (non-hydrogen) atoms. The van der Waals surface area contributed by atoms with Crippen molar-refractivity contribution in [1.82, 2.24) is 0 Å². The summed E-state index contributed by atoms with van der Waals surface area (Å²) in [6.07, 6.45) is 13.2. The standard InChI is InChI=1S/C23H33ClO3.C5H4O3.C2H6.C2H4.CH3Cl.CH4/c1-5-17-16-8-7-14-11-15(25)9-10-22(14,3)21(16)19(26)12-23(17,4)18(6-2)20(27)13-24;6-5(7)4-1-2-8-3-4;3*1-2;/h9-11,16-19,21,26H,5-8,12-13H2,1-4H3;1-3H,(H,6,7);1-2H3;1-2H2;1H3;1H4/t16-,17?,18?,19-,21?,22-,23-;;;;;/m0...../s1. The number of carboxylic acid groups (broad SMARTS) is 1. The Balaban J connectivity index is 0. The van der Waals surface area contributed by atoms with Gasteiger partial charge in [-0.25, -0.2) is 4.79 Å². The molecule has 0 bridgehead atoms. The van der Waals surface area contributed by atoms with Crippen molar-refractivity contribution < 1.29 is 29.0 Å². The van der Waals surface area contributed by atoms with Crippen LogP contribution in [0.2, 0.25) is 0 Å².